The van der Waals surface area contributed by atoms with Crippen molar-refractivity contribution in [3.8, 4) is 5.75 Å². The predicted molar refractivity (Wildman–Crippen MR) is 82.2 cm³/mol. The summed E-state index contributed by atoms with van der Waals surface area (Å²) < 4.78 is 7.03. The summed E-state index contributed by atoms with van der Waals surface area (Å²) in [7, 11) is 0. The summed E-state index contributed by atoms with van der Waals surface area (Å²) in [6, 6.07) is 12.0. The van der Waals surface area contributed by atoms with Gasteiger partial charge in [-0.15, -0.1) is 0 Å². The van der Waals surface area contributed by atoms with Gasteiger partial charge in [0.15, 0.2) is 0 Å². The molecule has 1 unspecified atom stereocenters. The van der Waals surface area contributed by atoms with Gasteiger partial charge in [0.25, 0.3) is 0 Å². The SMILES string of the molecule is Cc1ccc2c(c1)OC(c1ccc(Br)cc1Cl)CN2. The first-order chi connectivity index (χ1) is 9.13. The molecule has 1 aliphatic heterocycles. The molecule has 0 aliphatic carbocycles. The van der Waals surface area contributed by atoms with Gasteiger partial charge in [0.2, 0.25) is 0 Å². The minimum Gasteiger partial charge on any atom is -0.482 e. The van der Waals surface area contributed by atoms with Gasteiger partial charge in [-0.05, 0) is 36.8 Å². The Morgan fingerprint density at radius 3 is 2.89 bits per heavy atom. The molecule has 1 aliphatic rings. The lowest BCUT2D eigenvalue weighted by molar-refractivity contribution is 0.210. The second-order valence-electron chi connectivity index (χ2n) is 4.65. The molecule has 0 spiro atoms. The van der Waals surface area contributed by atoms with E-state index >= 15 is 0 Å². The molecular weight excluding hydrogens is 326 g/mol. The number of hydrogen-bond acceptors (Lipinski definition) is 2. The van der Waals surface area contributed by atoms with Crippen molar-refractivity contribution >= 4 is 33.2 Å². The molecule has 0 saturated heterocycles. The first-order valence-corrected chi connectivity index (χ1v) is 7.27. The standard InChI is InChI=1S/C15H13BrClNO/c1-9-2-5-13-14(6-9)19-15(8-18-13)11-4-3-10(16)7-12(11)17/h2-7,15,18H,8H2,1H3. The number of nitrogens with one attached hydrogen (secondary N) is 1. The maximum Gasteiger partial charge on any atom is 0.143 e. The highest BCUT2D eigenvalue weighted by atomic mass is 79.9. The fourth-order valence-corrected chi connectivity index (χ4v) is 3.00. The van der Waals surface area contributed by atoms with Crippen LogP contribution in [0.15, 0.2) is 40.9 Å². The molecule has 19 heavy (non-hydrogen) atoms. The molecule has 0 radical (unpaired) electrons. The van der Waals surface area contributed by atoms with Crippen molar-refractivity contribution < 1.29 is 4.74 Å². The Labute approximate surface area is 125 Å². The number of anilines is 1. The summed E-state index contributed by atoms with van der Waals surface area (Å²) in [5.74, 6) is 0.884. The van der Waals surface area contributed by atoms with Crippen LogP contribution in [0.5, 0.6) is 5.75 Å². The Balaban J connectivity index is 1.93. The highest BCUT2D eigenvalue weighted by Gasteiger charge is 2.22. The third-order valence-electron chi connectivity index (χ3n) is 3.19. The van der Waals surface area contributed by atoms with Gasteiger partial charge in [0.1, 0.15) is 11.9 Å². The normalized spacial score (nSPS) is 17.3. The van der Waals surface area contributed by atoms with Crippen LogP contribution in [0.25, 0.3) is 0 Å². The third-order valence-corrected chi connectivity index (χ3v) is 4.01. The topological polar surface area (TPSA) is 21.3 Å². The second kappa shape index (κ2) is 5.06. The van der Waals surface area contributed by atoms with E-state index in [1.54, 1.807) is 0 Å². The fourth-order valence-electron chi connectivity index (χ4n) is 2.21. The zero-order valence-corrected chi connectivity index (χ0v) is 12.8. The number of hydrogen-bond donors (Lipinski definition) is 1. The molecule has 0 amide bonds. The van der Waals surface area contributed by atoms with Crippen LogP contribution in [0.3, 0.4) is 0 Å². The van der Waals surface area contributed by atoms with E-state index in [-0.39, 0.29) is 6.10 Å². The van der Waals surface area contributed by atoms with Crippen LogP contribution in [-0.2, 0) is 0 Å². The lowest BCUT2D eigenvalue weighted by atomic mass is 10.1. The monoisotopic (exact) mass is 337 g/mol. The summed E-state index contributed by atoms with van der Waals surface area (Å²) in [6.07, 6.45) is -0.0603. The number of benzene rings is 2. The maximum absolute atomic E-state index is 6.28. The molecule has 0 saturated carbocycles. The molecule has 0 bridgehead atoms. The van der Waals surface area contributed by atoms with Crippen molar-refractivity contribution in [1.82, 2.24) is 0 Å². The Bertz CT molecular complexity index is 630. The van der Waals surface area contributed by atoms with E-state index in [1.165, 1.54) is 5.56 Å². The zero-order valence-electron chi connectivity index (χ0n) is 10.4. The molecular formula is C15H13BrClNO. The van der Waals surface area contributed by atoms with Crippen molar-refractivity contribution in [2.45, 2.75) is 13.0 Å². The maximum atomic E-state index is 6.28. The predicted octanol–water partition coefficient (Wildman–Crippen LogP) is 4.96. The van der Waals surface area contributed by atoms with Gasteiger partial charge >= 0.3 is 0 Å². The van der Waals surface area contributed by atoms with Gasteiger partial charge in [-0.1, -0.05) is 39.7 Å². The first-order valence-electron chi connectivity index (χ1n) is 6.09. The van der Waals surface area contributed by atoms with Crippen LogP contribution in [0, 0.1) is 6.92 Å². The van der Waals surface area contributed by atoms with E-state index in [9.17, 15) is 0 Å². The number of ether oxygens (including phenoxy) is 1. The highest BCUT2D eigenvalue weighted by molar-refractivity contribution is 9.10. The Kier molecular flexibility index (Phi) is 3.42. The van der Waals surface area contributed by atoms with E-state index in [1.807, 2.05) is 30.3 Å². The summed E-state index contributed by atoms with van der Waals surface area (Å²) >= 11 is 9.70. The van der Waals surface area contributed by atoms with Crippen molar-refractivity contribution in [1.29, 1.82) is 0 Å². The number of aryl methyl sites for hydroxylation is 1. The van der Waals surface area contributed by atoms with Crippen LogP contribution in [-0.4, -0.2) is 6.54 Å². The minimum atomic E-state index is -0.0603. The summed E-state index contributed by atoms with van der Waals surface area (Å²) in [5.41, 5.74) is 3.22. The molecule has 0 aromatic heterocycles. The van der Waals surface area contributed by atoms with Crippen LogP contribution in [0.2, 0.25) is 5.02 Å². The molecule has 1 N–H and O–H groups in total. The minimum absolute atomic E-state index is 0.0603. The molecule has 2 aromatic carbocycles. The van der Waals surface area contributed by atoms with Gasteiger partial charge in [0, 0.05) is 15.1 Å². The van der Waals surface area contributed by atoms with E-state index < -0.39 is 0 Å². The van der Waals surface area contributed by atoms with Crippen molar-refractivity contribution in [2.75, 3.05) is 11.9 Å². The van der Waals surface area contributed by atoms with Crippen molar-refractivity contribution in [3.63, 3.8) is 0 Å². The van der Waals surface area contributed by atoms with Crippen molar-refractivity contribution in [2.24, 2.45) is 0 Å². The molecule has 3 rings (SSSR count). The van der Waals surface area contributed by atoms with Crippen LogP contribution in [0.1, 0.15) is 17.2 Å². The number of rotatable bonds is 1. The molecule has 1 heterocycles. The average molecular weight is 339 g/mol. The molecule has 98 valence electrons. The Morgan fingerprint density at radius 1 is 1.26 bits per heavy atom. The van der Waals surface area contributed by atoms with E-state index in [2.05, 4.69) is 34.2 Å². The molecule has 2 aromatic rings. The summed E-state index contributed by atoms with van der Waals surface area (Å²) in [6.45, 7) is 2.78. The van der Waals surface area contributed by atoms with Gasteiger partial charge in [-0.3, -0.25) is 0 Å². The first kappa shape index (κ1) is 12.8. The quantitative estimate of drug-likeness (QED) is 0.794. The smallest absolute Gasteiger partial charge is 0.143 e. The average Bonchev–Trinajstić information content (AvgIpc) is 2.38. The fraction of sp³-hybridized carbons (Fsp3) is 0.200. The van der Waals surface area contributed by atoms with Gasteiger partial charge in [-0.2, -0.15) is 0 Å². The number of fused-ring (bicyclic) bond motifs is 1. The van der Waals surface area contributed by atoms with Crippen LogP contribution < -0.4 is 10.1 Å². The lowest BCUT2D eigenvalue weighted by Crippen LogP contribution is -2.23. The Hall–Kier alpha value is -1.19. The molecule has 1 atom stereocenters. The van der Waals surface area contributed by atoms with Gasteiger partial charge in [0.05, 0.1) is 12.2 Å². The van der Waals surface area contributed by atoms with E-state index in [4.69, 9.17) is 16.3 Å². The van der Waals surface area contributed by atoms with Crippen molar-refractivity contribution in [3.05, 3.63) is 57.0 Å². The van der Waals surface area contributed by atoms with Gasteiger partial charge < -0.3 is 10.1 Å². The molecule has 4 heteroatoms. The Morgan fingerprint density at radius 2 is 2.11 bits per heavy atom. The number of halogens is 2. The third kappa shape index (κ3) is 2.58. The van der Waals surface area contributed by atoms with Gasteiger partial charge in [-0.25, -0.2) is 0 Å². The molecule has 0 fully saturated rings. The highest BCUT2D eigenvalue weighted by Crippen LogP contribution is 2.37. The lowest BCUT2D eigenvalue weighted by Gasteiger charge is -2.28. The second-order valence-corrected chi connectivity index (χ2v) is 5.98. The van der Waals surface area contributed by atoms with Crippen LogP contribution >= 0.6 is 27.5 Å². The van der Waals surface area contributed by atoms with Crippen LogP contribution in [0.4, 0.5) is 5.69 Å². The zero-order chi connectivity index (χ0) is 13.4. The van der Waals surface area contributed by atoms with E-state index in [0.717, 1.165) is 33.0 Å². The summed E-state index contributed by atoms with van der Waals surface area (Å²) in [4.78, 5) is 0. The molecule has 2 nitrogen and oxygen atoms in total. The largest absolute Gasteiger partial charge is 0.482 e. The summed E-state index contributed by atoms with van der Waals surface area (Å²) in [5, 5.41) is 4.10. The van der Waals surface area contributed by atoms with E-state index in [0.29, 0.717) is 0 Å².